The Morgan fingerprint density at radius 3 is 3.07 bits per heavy atom. The first-order valence-corrected chi connectivity index (χ1v) is 4.31. The molecule has 74 valence electrons. The minimum atomic E-state index is 0.501. The van der Waals surface area contributed by atoms with E-state index >= 15 is 0 Å². The maximum atomic E-state index is 5.37. The highest BCUT2D eigenvalue weighted by atomic mass is 16.5. The summed E-state index contributed by atoms with van der Waals surface area (Å²) >= 11 is 0. The molecule has 2 N–H and O–H groups in total. The second kappa shape index (κ2) is 3.59. The van der Waals surface area contributed by atoms with Crippen LogP contribution < -0.4 is 5.73 Å². The maximum Gasteiger partial charge on any atom is 0.238 e. The second-order valence-corrected chi connectivity index (χ2v) is 2.91. The van der Waals surface area contributed by atoms with Gasteiger partial charge in [0.25, 0.3) is 0 Å². The van der Waals surface area contributed by atoms with Gasteiger partial charge < -0.3 is 14.8 Å². The van der Waals surface area contributed by atoms with Crippen molar-refractivity contribution in [3.8, 4) is 11.6 Å². The first-order valence-electron chi connectivity index (χ1n) is 4.31. The molecule has 14 heavy (non-hydrogen) atoms. The maximum absolute atomic E-state index is 5.37. The van der Waals surface area contributed by atoms with Crippen molar-refractivity contribution in [3.05, 3.63) is 18.3 Å². The quantitative estimate of drug-likeness (QED) is 0.740. The minimum Gasteiger partial charge on any atom is -0.339 e. The number of rotatable bonds is 3. The zero-order valence-corrected chi connectivity index (χ0v) is 7.84. The zero-order valence-electron chi connectivity index (χ0n) is 7.84. The Morgan fingerprint density at radius 1 is 1.57 bits per heavy atom. The van der Waals surface area contributed by atoms with Gasteiger partial charge in [-0.25, -0.2) is 4.98 Å². The van der Waals surface area contributed by atoms with Crippen molar-refractivity contribution in [1.29, 1.82) is 0 Å². The fourth-order valence-electron chi connectivity index (χ4n) is 1.15. The average Bonchev–Trinajstić information content (AvgIpc) is 2.74. The number of hydrogen-bond donors (Lipinski definition) is 1. The molecule has 0 aliphatic heterocycles. The largest absolute Gasteiger partial charge is 0.339 e. The van der Waals surface area contributed by atoms with E-state index < -0.39 is 0 Å². The van der Waals surface area contributed by atoms with Gasteiger partial charge in [-0.3, -0.25) is 0 Å². The van der Waals surface area contributed by atoms with Gasteiger partial charge >= 0.3 is 0 Å². The zero-order chi connectivity index (χ0) is 9.97. The lowest BCUT2D eigenvalue weighted by molar-refractivity contribution is 0.380. The third-order valence-electron chi connectivity index (χ3n) is 1.85. The van der Waals surface area contributed by atoms with Gasteiger partial charge in [-0.15, -0.1) is 0 Å². The molecule has 0 bridgehead atoms. The first-order chi connectivity index (χ1) is 6.81. The number of imidazole rings is 1. The Labute approximate surface area is 80.7 Å². The summed E-state index contributed by atoms with van der Waals surface area (Å²) in [7, 11) is 1.88. The molecule has 0 radical (unpaired) electrons. The molecule has 6 heteroatoms. The van der Waals surface area contributed by atoms with E-state index in [-0.39, 0.29) is 0 Å². The van der Waals surface area contributed by atoms with E-state index in [0.717, 1.165) is 0 Å². The molecule has 0 aromatic carbocycles. The van der Waals surface area contributed by atoms with Gasteiger partial charge in [0.2, 0.25) is 11.7 Å². The lowest BCUT2D eigenvalue weighted by Gasteiger charge is -1.92. The summed E-state index contributed by atoms with van der Waals surface area (Å²) in [6, 6.07) is 0. The van der Waals surface area contributed by atoms with E-state index in [9.17, 15) is 0 Å². The molecule has 0 saturated carbocycles. The molecule has 6 nitrogen and oxygen atoms in total. The van der Waals surface area contributed by atoms with Crippen LogP contribution in [-0.4, -0.2) is 26.2 Å². The third kappa shape index (κ3) is 1.51. The summed E-state index contributed by atoms with van der Waals surface area (Å²) in [5.74, 6) is 1.74. The Bertz CT molecular complexity index is 419. The van der Waals surface area contributed by atoms with Gasteiger partial charge in [0.05, 0.1) is 0 Å². The summed E-state index contributed by atoms with van der Waals surface area (Å²) in [6.45, 7) is 0.502. The molecule has 0 aliphatic carbocycles. The van der Waals surface area contributed by atoms with E-state index in [1.165, 1.54) is 0 Å². The van der Waals surface area contributed by atoms with Crippen LogP contribution in [0.1, 0.15) is 5.89 Å². The highest BCUT2D eigenvalue weighted by molar-refractivity contribution is 5.42. The highest BCUT2D eigenvalue weighted by Gasteiger charge is 2.11. The van der Waals surface area contributed by atoms with E-state index in [2.05, 4.69) is 15.1 Å². The summed E-state index contributed by atoms with van der Waals surface area (Å²) in [4.78, 5) is 8.27. The van der Waals surface area contributed by atoms with Crippen molar-refractivity contribution in [2.75, 3.05) is 6.54 Å². The summed E-state index contributed by atoms with van der Waals surface area (Å²) in [6.07, 6.45) is 4.11. The molecule has 0 fully saturated rings. The number of hydrogen-bond acceptors (Lipinski definition) is 5. The fourth-order valence-corrected chi connectivity index (χ4v) is 1.15. The van der Waals surface area contributed by atoms with Gasteiger partial charge in [0.15, 0.2) is 5.82 Å². The molecule has 2 aromatic heterocycles. The van der Waals surface area contributed by atoms with Crippen LogP contribution in [0.2, 0.25) is 0 Å². The van der Waals surface area contributed by atoms with Crippen molar-refractivity contribution in [2.24, 2.45) is 12.8 Å². The topological polar surface area (TPSA) is 82.8 Å². The Balaban J connectivity index is 2.29. The Hall–Kier alpha value is -1.69. The third-order valence-corrected chi connectivity index (χ3v) is 1.85. The van der Waals surface area contributed by atoms with Crippen molar-refractivity contribution in [3.63, 3.8) is 0 Å². The standard InChI is InChI=1S/C8H11N5O/c1-13-5-4-10-8(13)7-11-6(2-3-9)14-12-7/h4-5H,2-3,9H2,1H3. The molecule has 0 amide bonds. The van der Waals surface area contributed by atoms with Crippen molar-refractivity contribution in [1.82, 2.24) is 19.7 Å². The Morgan fingerprint density at radius 2 is 2.43 bits per heavy atom. The highest BCUT2D eigenvalue weighted by Crippen LogP contribution is 2.11. The van der Waals surface area contributed by atoms with Crippen LogP contribution in [-0.2, 0) is 13.5 Å². The number of nitrogens with two attached hydrogens (primary N) is 1. The summed E-state index contributed by atoms with van der Waals surface area (Å²) < 4.78 is 6.82. The lowest BCUT2D eigenvalue weighted by atomic mass is 10.4. The Kier molecular flexibility index (Phi) is 2.28. The molecule has 2 aromatic rings. The van der Waals surface area contributed by atoms with E-state index in [0.29, 0.717) is 30.5 Å². The first kappa shape index (κ1) is 8.89. The van der Waals surface area contributed by atoms with Crippen LogP contribution in [0.3, 0.4) is 0 Å². The molecule has 2 heterocycles. The SMILES string of the molecule is Cn1ccnc1-c1noc(CCN)n1. The molecule has 0 saturated heterocycles. The van der Waals surface area contributed by atoms with E-state index in [1.807, 2.05) is 17.8 Å². The smallest absolute Gasteiger partial charge is 0.238 e. The number of aryl methyl sites for hydroxylation is 1. The van der Waals surface area contributed by atoms with Crippen LogP contribution in [0, 0.1) is 0 Å². The van der Waals surface area contributed by atoms with Gasteiger partial charge in [0, 0.05) is 32.4 Å². The van der Waals surface area contributed by atoms with Gasteiger partial charge in [-0.05, 0) is 0 Å². The average molecular weight is 193 g/mol. The van der Waals surface area contributed by atoms with E-state index in [1.54, 1.807) is 6.20 Å². The van der Waals surface area contributed by atoms with Crippen molar-refractivity contribution < 1.29 is 4.52 Å². The molecular weight excluding hydrogens is 182 g/mol. The van der Waals surface area contributed by atoms with Crippen molar-refractivity contribution >= 4 is 0 Å². The molecule has 2 rings (SSSR count). The summed E-state index contributed by atoms with van der Waals surface area (Å²) in [5.41, 5.74) is 5.37. The predicted octanol–water partition coefficient (Wildman–Crippen LogP) is -0.0287. The van der Waals surface area contributed by atoms with E-state index in [4.69, 9.17) is 10.3 Å². The van der Waals surface area contributed by atoms with Crippen LogP contribution in [0.15, 0.2) is 16.9 Å². The molecule has 0 atom stereocenters. The van der Waals surface area contributed by atoms with Crippen LogP contribution >= 0.6 is 0 Å². The number of aromatic nitrogens is 4. The van der Waals surface area contributed by atoms with Gasteiger partial charge in [-0.2, -0.15) is 4.98 Å². The number of nitrogens with zero attached hydrogens (tertiary/aromatic N) is 4. The molecular formula is C8H11N5O. The molecule has 0 aliphatic rings. The second-order valence-electron chi connectivity index (χ2n) is 2.91. The predicted molar refractivity (Wildman–Crippen MR) is 49.3 cm³/mol. The summed E-state index contributed by atoms with van der Waals surface area (Å²) in [5, 5.41) is 3.81. The fraction of sp³-hybridized carbons (Fsp3) is 0.375. The van der Waals surface area contributed by atoms with Gasteiger partial charge in [-0.1, -0.05) is 5.16 Å². The van der Waals surface area contributed by atoms with Crippen LogP contribution in [0.5, 0.6) is 0 Å². The van der Waals surface area contributed by atoms with Gasteiger partial charge in [0.1, 0.15) is 0 Å². The lowest BCUT2D eigenvalue weighted by Crippen LogP contribution is -2.02. The monoisotopic (exact) mass is 193 g/mol. The van der Waals surface area contributed by atoms with Crippen molar-refractivity contribution in [2.45, 2.75) is 6.42 Å². The minimum absolute atomic E-state index is 0.501. The van der Waals surface area contributed by atoms with Crippen LogP contribution in [0.25, 0.3) is 11.6 Å². The molecule has 0 spiro atoms. The normalized spacial score (nSPS) is 10.7. The van der Waals surface area contributed by atoms with Crippen LogP contribution in [0.4, 0.5) is 0 Å². The molecule has 0 unspecified atom stereocenters.